The lowest BCUT2D eigenvalue weighted by molar-refractivity contribution is -0.00399. The van der Waals surface area contributed by atoms with Crippen molar-refractivity contribution in [3.8, 4) is 0 Å². The summed E-state index contributed by atoms with van der Waals surface area (Å²) >= 11 is 0. The Labute approximate surface area is 147 Å². The summed E-state index contributed by atoms with van der Waals surface area (Å²) in [7, 11) is 0. The normalized spacial score (nSPS) is 27.5. The van der Waals surface area contributed by atoms with E-state index >= 15 is 0 Å². The second-order valence-electron chi connectivity index (χ2n) is 7.61. The SMILES string of the molecule is O=C(O)c1cn(C2CC2)c2nc(N3CC4CC(O)C4C3)c(F)cc2c1=O. The third-order valence-electron chi connectivity index (χ3n) is 5.94. The van der Waals surface area contributed by atoms with E-state index in [2.05, 4.69) is 4.98 Å². The summed E-state index contributed by atoms with van der Waals surface area (Å²) in [5.41, 5.74) is -0.737. The van der Waals surface area contributed by atoms with Crippen LogP contribution in [0.1, 0.15) is 35.7 Å². The Balaban J connectivity index is 1.67. The number of aromatic carboxylic acids is 1. The van der Waals surface area contributed by atoms with E-state index in [0.717, 1.165) is 25.3 Å². The Morgan fingerprint density at radius 3 is 2.69 bits per heavy atom. The highest BCUT2D eigenvalue weighted by Gasteiger charge is 2.47. The summed E-state index contributed by atoms with van der Waals surface area (Å²) in [6, 6.07) is 1.21. The summed E-state index contributed by atoms with van der Waals surface area (Å²) in [6.45, 7) is 1.18. The highest BCUT2D eigenvalue weighted by Crippen LogP contribution is 2.43. The first-order valence-corrected chi connectivity index (χ1v) is 8.85. The second-order valence-corrected chi connectivity index (χ2v) is 7.61. The lowest BCUT2D eigenvalue weighted by Gasteiger charge is -2.34. The maximum atomic E-state index is 14.7. The Kier molecular flexibility index (Phi) is 3.19. The van der Waals surface area contributed by atoms with E-state index in [-0.39, 0.29) is 34.8 Å². The number of anilines is 1. The van der Waals surface area contributed by atoms with Crippen LogP contribution in [-0.4, -0.2) is 44.9 Å². The van der Waals surface area contributed by atoms with Crippen LogP contribution in [0.2, 0.25) is 0 Å². The van der Waals surface area contributed by atoms with Gasteiger partial charge in [0.15, 0.2) is 11.6 Å². The highest BCUT2D eigenvalue weighted by atomic mass is 19.1. The maximum absolute atomic E-state index is 14.7. The molecular weight excluding hydrogens is 341 g/mol. The van der Waals surface area contributed by atoms with Crippen LogP contribution in [0.15, 0.2) is 17.1 Å². The lowest BCUT2D eigenvalue weighted by atomic mass is 9.74. The minimum absolute atomic E-state index is 0.000235. The van der Waals surface area contributed by atoms with E-state index < -0.39 is 17.2 Å². The van der Waals surface area contributed by atoms with Crippen LogP contribution in [0, 0.1) is 17.7 Å². The Morgan fingerprint density at radius 1 is 1.31 bits per heavy atom. The van der Waals surface area contributed by atoms with Crippen LogP contribution in [0.5, 0.6) is 0 Å². The summed E-state index contributed by atoms with van der Waals surface area (Å²) in [6.07, 6.45) is 3.48. The number of carboxylic acid groups (broad SMARTS) is 1. The van der Waals surface area contributed by atoms with Crippen molar-refractivity contribution in [2.45, 2.75) is 31.4 Å². The Hall–Kier alpha value is -2.48. The van der Waals surface area contributed by atoms with Crippen LogP contribution >= 0.6 is 0 Å². The highest BCUT2D eigenvalue weighted by molar-refractivity contribution is 5.92. The molecule has 3 fully saturated rings. The van der Waals surface area contributed by atoms with Gasteiger partial charge >= 0.3 is 5.97 Å². The summed E-state index contributed by atoms with van der Waals surface area (Å²) in [5, 5.41) is 19.1. The number of aromatic nitrogens is 2. The molecule has 2 aromatic heterocycles. The molecule has 0 amide bonds. The van der Waals surface area contributed by atoms with Crippen molar-refractivity contribution in [3.63, 3.8) is 0 Å². The van der Waals surface area contributed by atoms with Crippen molar-refractivity contribution in [2.75, 3.05) is 18.0 Å². The fraction of sp³-hybridized carbons (Fsp3) is 0.500. The number of aliphatic hydroxyl groups is 1. The van der Waals surface area contributed by atoms with Crippen LogP contribution in [0.3, 0.4) is 0 Å². The van der Waals surface area contributed by atoms with Gasteiger partial charge in [-0.1, -0.05) is 0 Å². The molecule has 136 valence electrons. The molecule has 1 aliphatic heterocycles. The molecule has 2 N–H and O–H groups in total. The van der Waals surface area contributed by atoms with Gasteiger partial charge < -0.3 is 19.7 Å². The van der Waals surface area contributed by atoms with E-state index in [9.17, 15) is 24.2 Å². The third kappa shape index (κ3) is 2.18. The number of carbonyl (C=O) groups is 1. The monoisotopic (exact) mass is 359 g/mol. The minimum Gasteiger partial charge on any atom is -0.477 e. The second kappa shape index (κ2) is 5.26. The van der Waals surface area contributed by atoms with Gasteiger partial charge in [-0.15, -0.1) is 0 Å². The molecule has 0 spiro atoms. The van der Waals surface area contributed by atoms with Crippen LogP contribution < -0.4 is 10.3 Å². The molecular formula is C18H18FN3O4. The van der Waals surface area contributed by atoms with Crippen molar-refractivity contribution in [3.05, 3.63) is 33.9 Å². The molecule has 8 heteroatoms. The predicted molar refractivity (Wildman–Crippen MR) is 91.0 cm³/mol. The summed E-state index contributed by atoms with van der Waals surface area (Å²) < 4.78 is 16.4. The first kappa shape index (κ1) is 15.7. The summed E-state index contributed by atoms with van der Waals surface area (Å²) in [5.74, 6) is -1.28. The molecule has 5 rings (SSSR count). The number of aliphatic hydroxyl groups excluding tert-OH is 1. The van der Waals surface area contributed by atoms with Gasteiger partial charge in [0.25, 0.3) is 0 Å². The standard InChI is InChI=1S/C18H18FN3O4/c19-13-4-10-15(24)12(18(25)26)7-22(9-1-2-9)16(10)20-17(13)21-5-8-3-14(23)11(8)6-21/h4,7-9,11,14,23H,1-3,5-6H2,(H,25,26). The van der Waals surface area contributed by atoms with E-state index in [1.807, 2.05) is 4.90 Å². The van der Waals surface area contributed by atoms with Gasteiger partial charge in [0.1, 0.15) is 11.2 Å². The number of nitrogens with zero attached hydrogens (tertiary/aromatic N) is 3. The molecule has 0 bridgehead atoms. The van der Waals surface area contributed by atoms with Gasteiger partial charge in [0.05, 0.1) is 11.5 Å². The number of carboxylic acids is 1. The van der Waals surface area contributed by atoms with E-state index in [4.69, 9.17) is 0 Å². The zero-order valence-corrected chi connectivity index (χ0v) is 13.9. The molecule has 7 nitrogen and oxygen atoms in total. The fourth-order valence-corrected chi connectivity index (χ4v) is 4.29. The molecule has 0 aromatic carbocycles. The molecule has 3 unspecified atom stereocenters. The fourth-order valence-electron chi connectivity index (χ4n) is 4.29. The molecule has 2 aromatic rings. The van der Waals surface area contributed by atoms with Gasteiger partial charge in [-0.3, -0.25) is 4.79 Å². The van der Waals surface area contributed by atoms with E-state index in [0.29, 0.717) is 24.7 Å². The van der Waals surface area contributed by atoms with Crippen LogP contribution in [0.25, 0.3) is 11.0 Å². The van der Waals surface area contributed by atoms with Gasteiger partial charge in [-0.2, -0.15) is 0 Å². The lowest BCUT2D eigenvalue weighted by Crippen LogP contribution is -2.39. The first-order valence-electron chi connectivity index (χ1n) is 8.85. The third-order valence-corrected chi connectivity index (χ3v) is 5.94. The molecule has 3 heterocycles. The number of halogens is 1. The predicted octanol–water partition coefficient (Wildman–Crippen LogP) is 1.39. The van der Waals surface area contributed by atoms with Gasteiger partial charge in [0.2, 0.25) is 5.43 Å². The molecule has 3 atom stereocenters. The summed E-state index contributed by atoms with van der Waals surface area (Å²) in [4.78, 5) is 30.1. The average Bonchev–Trinajstić information content (AvgIpc) is 3.37. The van der Waals surface area contributed by atoms with Crippen molar-refractivity contribution in [1.82, 2.24) is 9.55 Å². The quantitative estimate of drug-likeness (QED) is 0.860. The Morgan fingerprint density at radius 2 is 2.08 bits per heavy atom. The van der Waals surface area contributed by atoms with Crippen LogP contribution in [-0.2, 0) is 0 Å². The number of hydrogen-bond acceptors (Lipinski definition) is 5. The molecule has 2 aliphatic carbocycles. The molecule has 1 saturated heterocycles. The van der Waals surface area contributed by atoms with Crippen molar-refractivity contribution in [1.29, 1.82) is 0 Å². The largest absolute Gasteiger partial charge is 0.477 e. The molecule has 2 saturated carbocycles. The molecule has 3 aliphatic rings. The maximum Gasteiger partial charge on any atom is 0.341 e. The first-order chi connectivity index (χ1) is 12.4. The smallest absolute Gasteiger partial charge is 0.341 e. The zero-order chi connectivity index (χ0) is 18.2. The number of hydrogen-bond donors (Lipinski definition) is 2. The van der Waals surface area contributed by atoms with E-state index in [1.54, 1.807) is 4.57 Å². The topological polar surface area (TPSA) is 95.7 Å². The zero-order valence-electron chi connectivity index (χ0n) is 13.9. The van der Waals surface area contributed by atoms with Crippen molar-refractivity contribution in [2.24, 2.45) is 11.8 Å². The van der Waals surface area contributed by atoms with Crippen LogP contribution in [0.4, 0.5) is 10.2 Å². The van der Waals surface area contributed by atoms with Gasteiger partial charge in [-0.25, -0.2) is 14.2 Å². The number of fused-ring (bicyclic) bond motifs is 2. The van der Waals surface area contributed by atoms with Gasteiger partial charge in [-0.05, 0) is 31.2 Å². The minimum atomic E-state index is -1.32. The average molecular weight is 359 g/mol. The van der Waals surface area contributed by atoms with E-state index in [1.165, 1.54) is 6.20 Å². The number of rotatable bonds is 3. The Bertz CT molecular complexity index is 1000. The molecule has 26 heavy (non-hydrogen) atoms. The molecule has 0 radical (unpaired) electrons. The van der Waals surface area contributed by atoms with Gasteiger partial charge in [0, 0.05) is 31.2 Å². The number of pyridine rings is 2. The van der Waals surface area contributed by atoms with Crippen molar-refractivity contribution < 1.29 is 19.4 Å². The van der Waals surface area contributed by atoms with Crippen molar-refractivity contribution >= 4 is 22.8 Å².